The number of hydrogen-bond donors (Lipinski definition) is 2. The molecule has 1 aliphatic heterocycles. The minimum Gasteiger partial charge on any atom is -0.497 e. The van der Waals surface area contributed by atoms with Gasteiger partial charge in [0.2, 0.25) is 5.91 Å². The standard InChI is InChI=1S/C21H20N4O3/c1-28-18-4-2-3-15(11-18)20(26)24-19-9-10-25(21(19)27)17-7-5-14(6-8-17)16-12-22-23-13-16/h2-8,11-13,19H,9-10H2,1H3,(H,22,23)(H,24,26). The Morgan fingerprint density at radius 3 is 2.75 bits per heavy atom. The minimum absolute atomic E-state index is 0.104. The van der Waals surface area contributed by atoms with Crippen molar-refractivity contribution in [2.45, 2.75) is 12.5 Å². The van der Waals surface area contributed by atoms with Crippen LogP contribution in [0.1, 0.15) is 16.8 Å². The van der Waals surface area contributed by atoms with Crippen LogP contribution in [-0.2, 0) is 4.79 Å². The highest BCUT2D eigenvalue weighted by atomic mass is 16.5. The summed E-state index contributed by atoms with van der Waals surface area (Å²) in [6, 6.07) is 14.1. The molecule has 0 radical (unpaired) electrons. The number of carbonyl (C=O) groups excluding carboxylic acids is 2. The molecule has 2 amide bonds. The number of hydrogen-bond acceptors (Lipinski definition) is 4. The third kappa shape index (κ3) is 3.46. The molecule has 1 unspecified atom stereocenters. The van der Waals surface area contributed by atoms with E-state index in [-0.39, 0.29) is 11.8 Å². The molecular formula is C21H20N4O3. The molecule has 1 saturated heterocycles. The number of carbonyl (C=O) groups is 2. The van der Waals surface area contributed by atoms with Crippen LogP contribution in [0.25, 0.3) is 11.1 Å². The molecule has 0 aliphatic carbocycles. The fourth-order valence-electron chi connectivity index (χ4n) is 3.32. The largest absolute Gasteiger partial charge is 0.497 e. The molecule has 1 fully saturated rings. The lowest BCUT2D eigenvalue weighted by Gasteiger charge is -2.17. The van der Waals surface area contributed by atoms with E-state index in [4.69, 9.17) is 4.74 Å². The van der Waals surface area contributed by atoms with Gasteiger partial charge in [0.05, 0.1) is 13.3 Å². The zero-order chi connectivity index (χ0) is 19.5. The van der Waals surface area contributed by atoms with Gasteiger partial charge in [-0.25, -0.2) is 0 Å². The van der Waals surface area contributed by atoms with Gasteiger partial charge in [-0.3, -0.25) is 14.7 Å². The van der Waals surface area contributed by atoms with E-state index in [1.165, 1.54) is 0 Å². The average Bonchev–Trinajstić information content (AvgIpc) is 3.39. The lowest BCUT2D eigenvalue weighted by Crippen LogP contribution is -2.41. The van der Waals surface area contributed by atoms with E-state index in [1.54, 1.807) is 42.5 Å². The first-order valence-electron chi connectivity index (χ1n) is 9.01. The lowest BCUT2D eigenvalue weighted by atomic mass is 10.1. The Kier molecular flexibility index (Phi) is 4.80. The Hall–Kier alpha value is -3.61. The van der Waals surface area contributed by atoms with E-state index in [0.29, 0.717) is 24.3 Å². The van der Waals surface area contributed by atoms with E-state index in [0.717, 1.165) is 16.8 Å². The summed E-state index contributed by atoms with van der Waals surface area (Å²) in [4.78, 5) is 27.0. The van der Waals surface area contributed by atoms with Gasteiger partial charge in [-0.1, -0.05) is 18.2 Å². The number of amides is 2. The van der Waals surface area contributed by atoms with Crippen molar-refractivity contribution in [2.75, 3.05) is 18.6 Å². The van der Waals surface area contributed by atoms with Crippen LogP contribution in [-0.4, -0.2) is 41.7 Å². The van der Waals surface area contributed by atoms with Crippen molar-refractivity contribution >= 4 is 17.5 Å². The van der Waals surface area contributed by atoms with Crippen molar-refractivity contribution in [2.24, 2.45) is 0 Å². The molecule has 0 spiro atoms. The van der Waals surface area contributed by atoms with E-state index in [9.17, 15) is 9.59 Å². The number of aromatic nitrogens is 2. The van der Waals surface area contributed by atoms with Gasteiger partial charge in [-0.2, -0.15) is 5.10 Å². The monoisotopic (exact) mass is 376 g/mol. The highest BCUT2D eigenvalue weighted by Crippen LogP contribution is 2.26. The number of aromatic amines is 1. The van der Waals surface area contributed by atoms with Gasteiger partial charge in [-0.05, 0) is 42.3 Å². The first-order chi connectivity index (χ1) is 13.7. The topological polar surface area (TPSA) is 87.3 Å². The maximum absolute atomic E-state index is 12.8. The summed E-state index contributed by atoms with van der Waals surface area (Å²) in [6.07, 6.45) is 4.14. The number of ether oxygens (including phenoxy) is 1. The maximum atomic E-state index is 12.8. The van der Waals surface area contributed by atoms with Gasteiger partial charge in [0, 0.05) is 29.6 Å². The summed E-state index contributed by atoms with van der Waals surface area (Å²) in [5.74, 6) is 0.214. The summed E-state index contributed by atoms with van der Waals surface area (Å²) in [5.41, 5.74) is 3.29. The van der Waals surface area contributed by atoms with Crippen molar-refractivity contribution in [1.29, 1.82) is 0 Å². The van der Waals surface area contributed by atoms with Crippen LogP contribution in [0.3, 0.4) is 0 Å². The SMILES string of the molecule is COc1cccc(C(=O)NC2CCN(c3ccc(-c4cn[nH]c4)cc3)C2=O)c1. The molecule has 7 heteroatoms. The third-order valence-corrected chi connectivity index (χ3v) is 4.85. The predicted octanol–water partition coefficient (Wildman–Crippen LogP) is 2.62. The number of anilines is 1. The molecule has 142 valence electrons. The van der Waals surface area contributed by atoms with Gasteiger partial charge in [-0.15, -0.1) is 0 Å². The second kappa shape index (κ2) is 7.56. The normalized spacial score (nSPS) is 16.2. The van der Waals surface area contributed by atoms with Crippen LogP contribution < -0.4 is 15.0 Å². The van der Waals surface area contributed by atoms with Crippen molar-refractivity contribution in [1.82, 2.24) is 15.5 Å². The van der Waals surface area contributed by atoms with E-state index in [1.807, 2.05) is 30.5 Å². The summed E-state index contributed by atoms with van der Waals surface area (Å²) in [5, 5.41) is 9.56. The molecular weight excluding hydrogens is 356 g/mol. The quantitative estimate of drug-likeness (QED) is 0.717. The summed E-state index contributed by atoms with van der Waals surface area (Å²) in [6.45, 7) is 0.562. The highest BCUT2D eigenvalue weighted by Gasteiger charge is 2.33. The van der Waals surface area contributed by atoms with E-state index in [2.05, 4.69) is 15.5 Å². The van der Waals surface area contributed by atoms with Gasteiger partial charge in [0.25, 0.3) is 5.91 Å². The molecule has 1 aromatic heterocycles. The van der Waals surface area contributed by atoms with Crippen LogP contribution in [0.2, 0.25) is 0 Å². The number of H-pyrrole nitrogens is 1. The van der Waals surface area contributed by atoms with Crippen molar-refractivity contribution in [3.63, 3.8) is 0 Å². The molecule has 2 N–H and O–H groups in total. The molecule has 7 nitrogen and oxygen atoms in total. The molecule has 1 aliphatic rings. The van der Waals surface area contributed by atoms with Crippen LogP contribution in [0.5, 0.6) is 5.75 Å². The molecule has 2 heterocycles. The maximum Gasteiger partial charge on any atom is 0.252 e. The summed E-state index contributed by atoms with van der Waals surface area (Å²) < 4.78 is 5.15. The average molecular weight is 376 g/mol. The molecule has 0 bridgehead atoms. The number of nitrogens with zero attached hydrogens (tertiary/aromatic N) is 2. The molecule has 4 rings (SSSR count). The lowest BCUT2D eigenvalue weighted by molar-refractivity contribution is -0.118. The Labute approximate surface area is 162 Å². The van der Waals surface area contributed by atoms with Gasteiger partial charge in [0.15, 0.2) is 0 Å². The zero-order valence-electron chi connectivity index (χ0n) is 15.4. The van der Waals surface area contributed by atoms with Crippen molar-refractivity contribution in [3.05, 3.63) is 66.5 Å². The summed E-state index contributed by atoms with van der Waals surface area (Å²) in [7, 11) is 1.55. The molecule has 1 atom stereocenters. The van der Waals surface area contributed by atoms with E-state index < -0.39 is 6.04 Å². The summed E-state index contributed by atoms with van der Waals surface area (Å²) >= 11 is 0. The second-order valence-electron chi connectivity index (χ2n) is 6.57. The number of benzene rings is 2. The van der Waals surface area contributed by atoms with Crippen molar-refractivity contribution < 1.29 is 14.3 Å². The Balaban J connectivity index is 1.44. The third-order valence-electron chi connectivity index (χ3n) is 4.85. The Bertz CT molecular complexity index is 983. The number of rotatable bonds is 5. The Morgan fingerprint density at radius 1 is 1.21 bits per heavy atom. The fraction of sp³-hybridized carbons (Fsp3) is 0.190. The smallest absolute Gasteiger partial charge is 0.252 e. The first-order valence-corrected chi connectivity index (χ1v) is 9.01. The van der Waals surface area contributed by atoms with Gasteiger partial charge in [0.1, 0.15) is 11.8 Å². The molecule has 28 heavy (non-hydrogen) atoms. The van der Waals surface area contributed by atoms with Crippen LogP contribution in [0.4, 0.5) is 5.69 Å². The molecule has 3 aromatic rings. The molecule has 0 saturated carbocycles. The Morgan fingerprint density at radius 2 is 2.04 bits per heavy atom. The van der Waals surface area contributed by atoms with Crippen LogP contribution in [0.15, 0.2) is 60.9 Å². The zero-order valence-corrected chi connectivity index (χ0v) is 15.4. The number of nitrogens with one attached hydrogen (secondary N) is 2. The van der Waals surface area contributed by atoms with Gasteiger partial charge < -0.3 is 15.0 Å². The predicted molar refractivity (Wildman–Crippen MR) is 105 cm³/mol. The minimum atomic E-state index is -0.535. The number of methoxy groups -OCH3 is 1. The van der Waals surface area contributed by atoms with Crippen LogP contribution in [0, 0.1) is 0 Å². The van der Waals surface area contributed by atoms with Crippen molar-refractivity contribution in [3.8, 4) is 16.9 Å². The van der Waals surface area contributed by atoms with Crippen LogP contribution >= 0.6 is 0 Å². The first kappa shape index (κ1) is 17.8. The second-order valence-corrected chi connectivity index (χ2v) is 6.57. The molecule has 2 aromatic carbocycles. The van der Waals surface area contributed by atoms with Gasteiger partial charge >= 0.3 is 0 Å². The van der Waals surface area contributed by atoms with E-state index >= 15 is 0 Å². The fourth-order valence-corrected chi connectivity index (χ4v) is 3.32. The highest BCUT2D eigenvalue weighted by molar-refractivity contribution is 6.04.